The van der Waals surface area contributed by atoms with Crippen molar-refractivity contribution in [2.45, 2.75) is 0 Å². The molecule has 106 valence electrons. The molecule has 0 saturated carbocycles. The van der Waals surface area contributed by atoms with Gasteiger partial charge in [0.2, 0.25) is 0 Å². The number of pyridine rings is 2. The van der Waals surface area contributed by atoms with E-state index in [1.54, 1.807) is 24.3 Å². The number of nitrogens with zero attached hydrogens (tertiary/aromatic N) is 3. The second kappa shape index (κ2) is 6.95. The maximum Gasteiger partial charge on any atom is 0.398 e. The zero-order valence-electron chi connectivity index (χ0n) is 11.2. The Kier molecular flexibility index (Phi) is 4.76. The number of aromatic nitrogens is 2. The minimum atomic E-state index is -0.955. The first-order chi connectivity index (χ1) is 10.2. The van der Waals surface area contributed by atoms with E-state index in [2.05, 4.69) is 16.5 Å². The van der Waals surface area contributed by atoms with Gasteiger partial charge in [0.05, 0.1) is 11.4 Å². The molecule has 2 aromatic rings. The Hall–Kier alpha value is -3.02. The van der Waals surface area contributed by atoms with Crippen LogP contribution in [0.2, 0.25) is 0 Å². The highest BCUT2D eigenvalue weighted by Crippen LogP contribution is 2.24. The summed E-state index contributed by atoms with van der Waals surface area (Å²) < 4.78 is 4.80. The molecule has 0 N–H and O–H groups in total. The first kappa shape index (κ1) is 14.4. The zero-order valence-corrected chi connectivity index (χ0v) is 11.2. The second-order valence-electron chi connectivity index (χ2n) is 3.94. The predicted molar refractivity (Wildman–Crippen MR) is 76.8 cm³/mol. The van der Waals surface area contributed by atoms with Crippen molar-refractivity contribution in [1.29, 1.82) is 0 Å². The third-order valence-electron chi connectivity index (χ3n) is 2.55. The average Bonchev–Trinajstić information content (AvgIpc) is 2.54. The number of amides is 1. The molecule has 0 aliphatic rings. The van der Waals surface area contributed by atoms with Crippen molar-refractivity contribution in [2.24, 2.45) is 0 Å². The van der Waals surface area contributed by atoms with Crippen LogP contribution in [0.4, 0.5) is 11.4 Å². The standard InChI is InChI=1S/C15H13N3O3/c1-2-11-21-15(20)14(19)18(12-3-7-16-8-4-12)13-5-9-17-10-6-13/h2-10H,1,11H2. The lowest BCUT2D eigenvalue weighted by molar-refractivity contribution is -0.152. The normalized spacial score (nSPS) is 9.71. The fourth-order valence-corrected chi connectivity index (χ4v) is 1.66. The molecule has 6 nitrogen and oxygen atoms in total. The van der Waals surface area contributed by atoms with Crippen molar-refractivity contribution in [3.8, 4) is 0 Å². The van der Waals surface area contributed by atoms with Gasteiger partial charge in [0.25, 0.3) is 0 Å². The summed E-state index contributed by atoms with van der Waals surface area (Å²) in [4.78, 5) is 33.2. The van der Waals surface area contributed by atoms with E-state index in [-0.39, 0.29) is 6.61 Å². The molecule has 0 fully saturated rings. The van der Waals surface area contributed by atoms with Crippen LogP contribution < -0.4 is 4.90 Å². The third-order valence-corrected chi connectivity index (χ3v) is 2.55. The van der Waals surface area contributed by atoms with Crippen molar-refractivity contribution in [3.63, 3.8) is 0 Å². The molecule has 2 rings (SSSR count). The Labute approximate surface area is 121 Å². The van der Waals surface area contributed by atoms with E-state index in [9.17, 15) is 9.59 Å². The average molecular weight is 283 g/mol. The highest BCUT2D eigenvalue weighted by molar-refractivity contribution is 6.39. The van der Waals surface area contributed by atoms with Crippen molar-refractivity contribution < 1.29 is 14.3 Å². The van der Waals surface area contributed by atoms with Crippen molar-refractivity contribution in [2.75, 3.05) is 11.5 Å². The molecule has 2 aromatic heterocycles. The molecule has 0 atom stereocenters. The van der Waals surface area contributed by atoms with Gasteiger partial charge in [-0.05, 0) is 24.3 Å². The molecule has 0 spiro atoms. The first-order valence-electron chi connectivity index (χ1n) is 6.16. The van der Waals surface area contributed by atoms with Gasteiger partial charge < -0.3 is 4.74 Å². The van der Waals surface area contributed by atoms with Crippen LogP contribution in [0, 0.1) is 0 Å². The summed E-state index contributed by atoms with van der Waals surface area (Å²) in [5.41, 5.74) is 1.02. The van der Waals surface area contributed by atoms with Crippen LogP contribution in [-0.4, -0.2) is 28.5 Å². The summed E-state index contributed by atoms with van der Waals surface area (Å²) in [5, 5.41) is 0. The van der Waals surface area contributed by atoms with Crippen LogP contribution >= 0.6 is 0 Å². The SMILES string of the molecule is C=CCOC(=O)C(=O)N(c1ccncc1)c1ccncc1. The van der Waals surface area contributed by atoms with Crippen molar-refractivity contribution in [1.82, 2.24) is 9.97 Å². The van der Waals surface area contributed by atoms with Crippen molar-refractivity contribution >= 4 is 23.3 Å². The molecule has 21 heavy (non-hydrogen) atoms. The Balaban J connectivity index is 2.35. The topological polar surface area (TPSA) is 72.4 Å². The molecule has 0 radical (unpaired) electrons. The quantitative estimate of drug-likeness (QED) is 0.486. The fraction of sp³-hybridized carbons (Fsp3) is 0.0667. The number of anilines is 2. The van der Waals surface area contributed by atoms with Gasteiger partial charge in [0, 0.05) is 24.8 Å². The summed E-state index contributed by atoms with van der Waals surface area (Å²) in [5.74, 6) is -1.75. The second-order valence-corrected chi connectivity index (χ2v) is 3.94. The van der Waals surface area contributed by atoms with E-state index in [1.165, 1.54) is 35.8 Å². The van der Waals surface area contributed by atoms with E-state index >= 15 is 0 Å². The summed E-state index contributed by atoms with van der Waals surface area (Å²) >= 11 is 0. The summed E-state index contributed by atoms with van der Waals surface area (Å²) in [6, 6.07) is 6.50. The smallest absolute Gasteiger partial charge is 0.398 e. The Bertz CT molecular complexity index is 590. The predicted octanol–water partition coefficient (Wildman–Crippen LogP) is 1.87. The maximum absolute atomic E-state index is 12.3. The maximum atomic E-state index is 12.3. The van der Waals surface area contributed by atoms with Crippen molar-refractivity contribution in [3.05, 3.63) is 61.7 Å². The number of rotatable bonds is 4. The summed E-state index contributed by atoms with van der Waals surface area (Å²) in [6.07, 6.45) is 7.53. The molecule has 0 aromatic carbocycles. The number of hydrogen-bond acceptors (Lipinski definition) is 5. The molecule has 2 heterocycles. The lowest BCUT2D eigenvalue weighted by Gasteiger charge is -2.21. The summed E-state index contributed by atoms with van der Waals surface area (Å²) in [6.45, 7) is 3.41. The van der Waals surface area contributed by atoms with Crippen LogP contribution in [0.25, 0.3) is 0 Å². The van der Waals surface area contributed by atoms with E-state index in [4.69, 9.17) is 4.74 Å². The third kappa shape index (κ3) is 3.50. The number of esters is 1. The van der Waals surface area contributed by atoms with Gasteiger partial charge >= 0.3 is 11.9 Å². The zero-order chi connectivity index (χ0) is 15.1. The highest BCUT2D eigenvalue weighted by Gasteiger charge is 2.26. The Morgan fingerprint density at radius 1 is 1.05 bits per heavy atom. The molecular formula is C15H13N3O3. The molecule has 0 aliphatic carbocycles. The highest BCUT2D eigenvalue weighted by atomic mass is 16.5. The van der Waals surface area contributed by atoms with Crippen LogP contribution in [0.3, 0.4) is 0 Å². The molecule has 1 amide bonds. The number of ether oxygens (including phenoxy) is 1. The molecule has 0 bridgehead atoms. The van der Waals surface area contributed by atoms with Crippen LogP contribution in [0.1, 0.15) is 0 Å². The molecule has 6 heteroatoms. The molecule has 0 unspecified atom stereocenters. The van der Waals surface area contributed by atoms with E-state index in [0.29, 0.717) is 11.4 Å². The minimum absolute atomic E-state index is 0.0227. The number of carbonyl (C=O) groups is 2. The van der Waals surface area contributed by atoms with E-state index in [1.807, 2.05) is 0 Å². The molecular weight excluding hydrogens is 270 g/mol. The Morgan fingerprint density at radius 2 is 1.52 bits per heavy atom. The first-order valence-corrected chi connectivity index (χ1v) is 6.16. The van der Waals surface area contributed by atoms with Crippen LogP contribution in [0.15, 0.2) is 61.7 Å². The van der Waals surface area contributed by atoms with E-state index < -0.39 is 11.9 Å². The molecule has 0 aliphatic heterocycles. The largest absolute Gasteiger partial charge is 0.454 e. The minimum Gasteiger partial charge on any atom is -0.454 e. The Morgan fingerprint density at radius 3 is 1.95 bits per heavy atom. The van der Waals surface area contributed by atoms with Gasteiger partial charge in [-0.15, -0.1) is 0 Å². The van der Waals surface area contributed by atoms with Gasteiger partial charge in [-0.3, -0.25) is 19.7 Å². The van der Waals surface area contributed by atoms with Gasteiger partial charge in [-0.1, -0.05) is 12.7 Å². The van der Waals surface area contributed by atoms with Gasteiger partial charge in [-0.2, -0.15) is 0 Å². The number of carbonyl (C=O) groups excluding carboxylic acids is 2. The lowest BCUT2D eigenvalue weighted by Crippen LogP contribution is -2.34. The van der Waals surface area contributed by atoms with Crippen LogP contribution in [0.5, 0.6) is 0 Å². The number of hydrogen-bond donors (Lipinski definition) is 0. The van der Waals surface area contributed by atoms with E-state index in [0.717, 1.165) is 0 Å². The fourth-order valence-electron chi connectivity index (χ4n) is 1.66. The summed E-state index contributed by atoms with van der Waals surface area (Å²) in [7, 11) is 0. The van der Waals surface area contributed by atoms with Crippen LogP contribution in [-0.2, 0) is 14.3 Å². The monoisotopic (exact) mass is 283 g/mol. The lowest BCUT2D eigenvalue weighted by atomic mass is 10.3. The van der Waals surface area contributed by atoms with Gasteiger partial charge in [0.1, 0.15) is 6.61 Å². The van der Waals surface area contributed by atoms with Gasteiger partial charge in [0.15, 0.2) is 0 Å². The van der Waals surface area contributed by atoms with Gasteiger partial charge in [-0.25, -0.2) is 4.79 Å². The molecule has 0 saturated heterocycles.